The van der Waals surface area contributed by atoms with E-state index in [4.69, 9.17) is 0 Å². The quantitative estimate of drug-likeness (QED) is 0.570. The molecule has 132 valence electrons. The van der Waals surface area contributed by atoms with Crippen molar-refractivity contribution in [2.24, 2.45) is 34.5 Å². The van der Waals surface area contributed by atoms with Crippen LogP contribution in [0.5, 0.6) is 0 Å². The standard InChI is InChI=1S/C22H32OS/c1-5-24-15-8-10-21(3)18-9-11-22(4)17(6-7-20(22)23)16(18)12-14(2)19(21)13-15/h13,16-19H,2,5-12H2,1,3-4H3/t16-,17-,18-,19?,21+,22-/m0/s1. The number of carbonyl (C=O) groups is 1. The molecule has 1 nitrogen and oxygen atoms in total. The maximum atomic E-state index is 12.5. The Kier molecular flexibility index (Phi) is 4.06. The highest BCUT2D eigenvalue weighted by atomic mass is 32.2. The Bertz CT molecular complexity index is 605. The maximum Gasteiger partial charge on any atom is 0.139 e. The number of allylic oxidation sites excluding steroid dienone is 3. The van der Waals surface area contributed by atoms with Crippen molar-refractivity contribution in [1.82, 2.24) is 0 Å². The van der Waals surface area contributed by atoms with Crippen LogP contribution < -0.4 is 0 Å². The van der Waals surface area contributed by atoms with Crippen molar-refractivity contribution in [3.63, 3.8) is 0 Å². The van der Waals surface area contributed by atoms with Gasteiger partial charge >= 0.3 is 0 Å². The molecule has 0 radical (unpaired) electrons. The van der Waals surface area contributed by atoms with Crippen molar-refractivity contribution in [1.29, 1.82) is 0 Å². The van der Waals surface area contributed by atoms with E-state index in [0.29, 0.717) is 29.0 Å². The number of thioether (sulfide) groups is 1. The summed E-state index contributed by atoms with van der Waals surface area (Å²) in [6.45, 7) is 11.6. The van der Waals surface area contributed by atoms with E-state index in [9.17, 15) is 4.79 Å². The Hall–Kier alpha value is -0.500. The van der Waals surface area contributed by atoms with Crippen LogP contribution >= 0.6 is 11.8 Å². The molecule has 4 aliphatic rings. The van der Waals surface area contributed by atoms with Crippen LogP contribution in [0.2, 0.25) is 0 Å². The summed E-state index contributed by atoms with van der Waals surface area (Å²) in [5.74, 6) is 4.42. The number of Topliss-reactive ketones (excluding diaryl/α,β-unsaturated/α-hetero) is 1. The lowest BCUT2D eigenvalue weighted by Crippen LogP contribution is -2.52. The van der Waals surface area contributed by atoms with Crippen molar-refractivity contribution in [2.75, 3.05) is 5.75 Å². The highest BCUT2D eigenvalue weighted by Crippen LogP contribution is 2.66. The number of hydrogen-bond acceptors (Lipinski definition) is 2. The van der Waals surface area contributed by atoms with Crippen molar-refractivity contribution in [3.05, 3.63) is 23.1 Å². The smallest absolute Gasteiger partial charge is 0.139 e. The molecular weight excluding hydrogens is 312 g/mol. The molecule has 6 atom stereocenters. The zero-order valence-electron chi connectivity index (χ0n) is 15.6. The number of carbonyl (C=O) groups excluding carboxylic acids is 1. The summed E-state index contributed by atoms with van der Waals surface area (Å²) < 4.78 is 0. The van der Waals surface area contributed by atoms with E-state index in [-0.39, 0.29) is 5.41 Å². The minimum Gasteiger partial charge on any atom is -0.299 e. The summed E-state index contributed by atoms with van der Waals surface area (Å²) in [7, 11) is 0. The van der Waals surface area contributed by atoms with Crippen LogP contribution in [0.15, 0.2) is 23.1 Å². The molecule has 0 saturated heterocycles. The molecule has 0 aromatic rings. The Morgan fingerprint density at radius 2 is 2.00 bits per heavy atom. The maximum absolute atomic E-state index is 12.5. The molecule has 1 unspecified atom stereocenters. The highest BCUT2D eigenvalue weighted by molar-refractivity contribution is 8.03. The van der Waals surface area contributed by atoms with Gasteiger partial charge < -0.3 is 0 Å². The van der Waals surface area contributed by atoms with Gasteiger partial charge in [-0.15, -0.1) is 11.8 Å². The largest absolute Gasteiger partial charge is 0.299 e. The van der Waals surface area contributed by atoms with E-state index >= 15 is 0 Å². The first-order valence-electron chi connectivity index (χ1n) is 9.94. The molecular formula is C22H32OS. The van der Waals surface area contributed by atoms with Gasteiger partial charge in [0.1, 0.15) is 5.78 Å². The molecule has 0 bridgehead atoms. The van der Waals surface area contributed by atoms with Gasteiger partial charge in [-0.25, -0.2) is 0 Å². The summed E-state index contributed by atoms with van der Waals surface area (Å²) in [5, 5.41) is 0. The lowest BCUT2D eigenvalue weighted by molar-refractivity contribution is -0.133. The Morgan fingerprint density at radius 1 is 1.21 bits per heavy atom. The molecule has 0 aliphatic heterocycles. The van der Waals surface area contributed by atoms with E-state index < -0.39 is 0 Å². The van der Waals surface area contributed by atoms with Crippen LogP contribution in [0, 0.1) is 34.5 Å². The Labute approximate surface area is 151 Å². The van der Waals surface area contributed by atoms with Crippen molar-refractivity contribution >= 4 is 17.5 Å². The van der Waals surface area contributed by atoms with Gasteiger partial charge in [-0.2, -0.15) is 0 Å². The lowest BCUT2D eigenvalue weighted by Gasteiger charge is -2.59. The van der Waals surface area contributed by atoms with Crippen LogP contribution in [0.25, 0.3) is 0 Å². The van der Waals surface area contributed by atoms with Gasteiger partial charge in [-0.05, 0) is 72.4 Å². The van der Waals surface area contributed by atoms with Crippen molar-refractivity contribution < 1.29 is 4.79 Å². The van der Waals surface area contributed by atoms with E-state index in [1.54, 1.807) is 4.91 Å². The van der Waals surface area contributed by atoms with Crippen LogP contribution in [0.1, 0.15) is 65.7 Å². The summed E-state index contributed by atoms with van der Waals surface area (Å²) in [4.78, 5) is 14.1. The van der Waals surface area contributed by atoms with Crippen molar-refractivity contribution in [2.45, 2.75) is 65.7 Å². The van der Waals surface area contributed by atoms with Crippen LogP contribution in [0.3, 0.4) is 0 Å². The number of fused-ring (bicyclic) bond motifs is 5. The van der Waals surface area contributed by atoms with E-state index in [2.05, 4.69) is 33.4 Å². The van der Waals surface area contributed by atoms with Gasteiger partial charge in [-0.3, -0.25) is 4.79 Å². The summed E-state index contributed by atoms with van der Waals surface area (Å²) >= 11 is 2.03. The summed E-state index contributed by atoms with van der Waals surface area (Å²) in [6, 6.07) is 0. The zero-order valence-corrected chi connectivity index (χ0v) is 16.4. The van der Waals surface area contributed by atoms with E-state index in [0.717, 1.165) is 25.2 Å². The molecule has 4 rings (SSSR count). The van der Waals surface area contributed by atoms with Gasteiger partial charge in [0.05, 0.1) is 0 Å². The molecule has 0 aromatic heterocycles. The first-order chi connectivity index (χ1) is 11.4. The fourth-order valence-electron chi connectivity index (χ4n) is 6.91. The molecule has 24 heavy (non-hydrogen) atoms. The van der Waals surface area contributed by atoms with Gasteiger partial charge in [0, 0.05) is 17.8 Å². The number of ketones is 1. The SMILES string of the molecule is C=C1C[C@@H]2[C@H](CC[C@]3(C)C(=O)CC[C@@H]23)[C@@]2(C)CCC(SCC)=CC12. The number of hydrogen-bond donors (Lipinski definition) is 0. The average molecular weight is 345 g/mol. The van der Waals surface area contributed by atoms with E-state index in [1.165, 1.54) is 37.0 Å². The summed E-state index contributed by atoms with van der Waals surface area (Å²) in [6.07, 6.45) is 10.7. The molecule has 3 saturated carbocycles. The third kappa shape index (κ3) is 2.24. The average Bonchev–Trinajstić information content (AvgIpc) is 2.85. The first kappa shape index (κ1) is 16.9. The number of rotatable bonds is 2. The third-order valence-electron chi connectivity index (χ3n) is 8.23. The third-order valence-corrected chi connectivity index (χ3v) is 9.23. The molecule has 3 fully saturated rings. The molecule has 0 amide bonds. The first-order valence-corrected chi connectivity index (χ1v) is 10.9. The predicted octanol–water partition coefficient (Wildman–Crippen LogP) is 6.01. The van der Waals surface area contributed by atoms with E-state index in [1.807, 2.05) is 11.8 Å². The summed E-state index contributed by atoms with van der Waals surface area (Å²) in [5.41, 5.74) is 1.82. The van der Waals surface area contributed by atoms with Crippen molar-refractivity contribution in [3.8, 4) is 0 Å². The van der Waals surface area contributed by atoms with Gasteiger partial charge in [0.15, 0.2) is 0 Å². The minimum atomic E-state index is -0.0155. The second-order valence-electron chi connectivity index (χ2n) is 9.21. The second-order valence-corrected chi connectivity index (χ2v) is 10.6. The Morgan fingerprint density at radius 3 is 2.75 bits per heavy atom. The minimum absolute atomic E-state index is 0.0155. The molecule has 0 aromatic carbocycles. The zero-order chi connectivity index (χ0) is 17.1. The highest BCUT2D eigenvalue weighted by Gasteiger charge is 2.60. The molecule has 0 N–H and O–H groups in total. The predicted molar refractivity (Wildman–Crippen MR) is 103 cm³/mol. The lowest BCUT2D eigenvalue weighted by atomic mass is 9.45. The van der Waals surface area contributed by atoms with Crippen LogP contribution in [-0.4, -0.2) is 11.5 Å². The van der Waals surface area contributed by atoms with Gasteiger partial charge in [0.2, 0.25) is 0 Å². The second kappa shape index (κ2) is 5.76. The fraction of sp³-hybridized carbons (Fsp3) is 0.773. The monoisotopic (exact) mass is 344 g/mol. The molecule has 2 heteroatoms. The fourth-order valence-corrected chi connectivity index (χ4v) is 7.75. The topological polar surface area (TPSA) is 17.1 Å². The van der Waals surface area contributed by atoms with Gasteiger partial charge in [-0.1, -0.05) is 39.0 Å². The van der Waals surface area contributed by atoms with Gasteiger partial charge in [0.25, 0.3) is 0 Å². The Balaban J connectivity index is 1.67. The molecule has 0 spiro atoms. The van der Waals surface area contributed by atoms with Crippen LogP contribution in [-0.2, 0) is 4.79 Å². The molecule has 4 aliphatic carbocycles. The molecule has 0 heterocycles. The van der Waals surface area contributed by atoms with Crippen LogP contribution in [0.4, 0.5) is 0 Å². The normalized spacial score (nSPS) is 47.7.